The third-order valence-electron chi connectivity index (χ3n) is 4.38. The van der Waals surface area contributed by atoms with Gasteiger partial charge in [-0.2, -0.15) is 0 Å². The molecule has 1 aromatic rings. The van der Waals surface area contributed by atoms with Crippen LogP contribution in [0, 0.1) is 5.41 Å². The van der Waals surface area contributed by atoms with Crippen molar-refractivity contribution in [1.82, 2.24) is 0 Å². The second kappa shape index (κ2) is 8.08. The summed E-state index contributed by atoms with van der Waals surface area (Å²) in [4.78, 5) is 23.7. The van der Waals surface area contributed by atoms with Crippen LogP contribution in [-0.4, -0.2) is 38.7 Å². The predicted molar refractivity (Wildman–Crippen MR) is 86.9 cm³/mol. The highest BCUT2D eigenvalue weighted by Crippen LogP contribution is 2.30. The molecule has 1 aliphatic rings. The third kappa shape index (κ3) is 4.53. The van der Waals surface area contributed by atoms with Crippen molar-refractivity contribution in [1.29, 1.82) is 0 Å². The highest BCUT2D eigenvalue weighted by molar-refractivity contribution is 5.95. The van der Waals surface area contributed by atoms with Crippen molar-refractivity contribution in [3.63, 3.8) is 0 Å². The number of nitrogens with two attached hydrogens (primary N) is 1. The molecule has 0 bridgehead atoms. The Morgan fingerprint density at radius 3 is 2.48 bits per heavy atom. The predicted octanol–water partition coefficient (Wildman–Crippen LogP) is 1.49. The molecule has 6 nitrogen and oxygen atoms in total. The molecule has 2 rings (SSSR count). The SMILES string of the molecule is COC(=O)CCc1ccc(NC(=O)C2(CN)CCOCC2)cc1. The average molecular weight is 320 g/mol. The number of carbonyl (C=O) groups excluding carboxylic acids is 2. The first-order valence-corrected chi connectivity index (χ1v) is 7.85. The Hall–Kier alpha value is -1.92. The van der Waals surface area contributed by atoms with E-state index in [1.165, 1.54) is 7.11 Å². The van der Waals surface area contributed by atoms with Gasteiger partial charge in [0.05, 0.1) is 12.5 Å². The molecule has 126 valence electrons. The maximum Gasteiger partial charge on any atom is 0.305 e. The van der Waals surface area contributed by atoms with Gasteiger partial charge in [0.15, 0.2) is 0 Å². The molecule has 0 atom stereocenters. The number of hydrogen-bond acceptors (Lipinski definition) is 5. The van der Waals surface area contributed by atoms with E-state index in [9.17, 15) is 9.59 Å². The topological polar surface area (TPSA) is 90.7 Å². The molecule has 23 heavy (non-hydrogen) atoms. The van der Waals surface area contributed by atoms with Crippen LogP contribution in [0.5, 0.6) is 0 Å². The van der Waals surface area contributed by atoms with E-state index in [4.69, 9.17) is 10.5 Å². The molecular formula is C17H24N2O4. The van der Waals surface area contributed by atoms with Crippen LogP contribution in [-0.2, 0) is 25.5 Å². The van der Waals surface area contributed by atoms with Gasteiger partial charge in [0.25, 0.3) is 0 Å². The lowest BCUT2D eigenvalue weighted by Gasteiger charge is -2.34. The van der Waals surface area contributed by atoms with Gasteiger partial charge in [-0.1, -0.05) is 12.1 Å². The Balaban J connectivity index is 1.94. The van der Waals surface area contributed by atoms with Crippen LogP contribution in [0.3, 0.4) is 0 Å². The zero-order chi connectivity index (χ0) is 16.7. The monoisotopic (exact) mass is 320 g/mol. The van der Waals surface area contributed by atoms with Crippen molar-refractivity contribution in [2.45, 2.75) is 25.7 Å². The summed E-state index contributed by atoms with van der Waals surface area (Å²) in [5.41, 5.74) is 7.05. The van der Waals surface area contributed by atoms with E-state index < -0.39 is 5.41 Å². The minimum Gasteiger partial charge on any atom is -0.469 e. The fraction of sp³-hybridized carbons (Fsp3) is 0.529. The van der Waals surface area contributed by atoms with Crippen molar-refractivity contribution < 1.29 is 19.1 Å². The Morgan fingerprint density at radius 1 is 1.26 bits per heavy atom. The van der Waals surface area contributed by atoms with Crippen LogP contribution in [0.2, 0.25) is 0 Å². The zero-order valence-corrected chi connectivity index (χ0v) is 13.5. The number of hydrogen-bond donors (Lipinski definition) is 2. The first-order valence-electron chi connectivity index (χ1n) is 7.85. The molecule has 1 fully saturated rings. The molecule has 0 saturated carbocycles. The molecule has 1 aliphatic heterocycles. The van der Waals surface area contributed by atoms with Gasteiger partial charge in [-0.05, 0) is 37.0 Å². The lowest BCUT2D eigenvalue weighted by atomic mass is 9.79. The second-order valence-electron chi connectivity index (χ2n) is 5.82. The number of rotatable bonds is 6. The lowest BCUT2D eigenvalue weighted by molar-refractivity contribution is -0.140. The first-order chi connectivity index (χ1) is 11.1. The van der Waals surface area contributed by atoms with Gasteiger partial charge >= 0.3 is 5.97 Å². The minimum atomic E-state index is -0.540. The maximum absolute atomic E-state index is 12.6. The van der Waals surface area contributed by atoms with Crippen LogP contribution < -0.4 is 11.1 Å². The summed E-state index contributed by atoms with van der Waals surface area (Å²) in [6.45, 7) is 1.45. The Morgan fingerprint density at radius 2 is 1.91 bits per heavy atom. The van der Waals surface area contributed by atoms with E-state index in [1.807, 2.05) is 24.3 Å². The molecule has 1 aromatic carbocycles. The standard InChI is InChI=1S/C17H24N2O4/c1-22-15(20)7-4-13-2-5-14(6-3-13)19-16(21)17(12-18)8-10-23-11-9-17/h2-3,5-6H,4,7-12,18H2,1H3,(H,19,21). The molecule has 1 amide bonds. The summed E-state index contributed by atoms with van der Waals surface area (Å²) < 4.78 is 9.95. The van der Waals surface area contributed by atoms with Gasteiger partial charge in [0, 0.05) is 31.9 Å². The summed E-state index contributed by atoms with van der Waals surface area (Å²) in [5, 5.41) is 2.94. The van der Waals surface area contributed by atoms with Gasteiger partial charge in [-0.25, -0.2) is 0 Å². The number of carbonyl (C=O) groups is 2. The third-order valence-corrected chi connectivity index (χ3v) is 4.38. The van der Waals surface area contributed by atoms with Gasteiger partial charge in [-0.15, -0.1) is 0 Å². The fourth-order valence-corrected chi connectivity index (χ4v) is 2.65. The van der Waals surface area contributed by atoms with E-state index >= 15 is 0 Å². The number of methoxy groups -OCH3 is 1. The summed E-state index contributed by atoms with van der Waals surface area (Å²) in [6.07, 6.45) is 2.25. The highest BCUT2D eigenvalue weighted by Gasteiger charge is 2.38. The average Bonchev–Trinajstić information content (AvgIpc) is 2.61. The van der Waals surface area contributed by atoms with Crippen LogP contribution in [0.4, 0.5) is 5.69 Å². The molecule has 1 heterocycles. The summed E-state index contributed by atoms with van der Waals surface area (Å²) >= 11 is 0. The zero-order valence-electron chi connectivity index (χ0n) is 13.5. The normalized spacial score (nSPS) is 16.6. The Bertz CT molecular complexity index is 536. The van der Waals surface area contributed by atoms with Crippen LogP contribution >= 0.6 is 0 Å². The van der Waals surface area contributed by atoms with Gasteiger partial charge in [0.1, 0.15) is 0 Å². The molecule has 6 heteroatoms. The number of nitrogens with one attached hydrogen (secondary N) is 1. The molecular weight excluding hydrogens is 296 g/mol. The molecule has 0 radical (unpaired) electrons. The highest BCUT2D eigenvalue weighted by atomic mass is 16.5. The van der Waals surface area contributed by atoms with Gasteiger partial charge in [0.2, 0.25) is 5.91 Å². The second-order valence-corrected chi connectivity index (χ2v) is 5.82. The lowest BCUT2D eigenvalue weighted by Crippen LogP contribution is -2.46. The van der Waals surface area contributed by atoms with E-state index in [1.54, 1.807) is 0 Å². The largest absolute Gasteiger partial charge is 0.469 e. The van der Waals surface area contributed by atoms with E-state index in [0.717, 1.165) is 11.3 Å². The van der Waals surface area contributed by atoms with Crippen molar-refractivity contribution in [3.8, 4) is 0 Å². The summed E-state index contributed by atoms with van der Waals surface area (Å²) in [7, 11) is 1.38. The van der Waals surface area contributed by atoms with Crippen molar-refractivity contribution >= 4 is 17.6 Å². The Kier molecular flexibility index (Phi) is 6.12. The minimum absolute atomic E-state index is 0.0504. The molecule has 0 unspecified atom stereocenters. The number of esters is 1. The van der Waals surface area contributed by atoms with Crippen molar-refractivity contribution in [2.75, 3.05) is 32.2 Å². The number of ether oxygens (including phenoxy) is 2. The number of amides is 1. The van der Waals surface area contributed by atoms with Gasteiger partial charge < -0.3 is 20.5 Å². The van der Waals surface area contributed by atoms with Crippen LogP contribution in [0.25, 0.3) is 0 Å². The fourth-order valence-electron chi connectivity index (χ4n) is 2.65. The number of anilines is 1. The summed E-state index contributed by atoms with van der Waals surface area (Å²) in [5.74, 6) is -0.280. The van der Waals surface area contributed by atoms with E-state index in [-0.39, 0.29) is 11.9 Å². The van der Waals surface area contributed by atoms with Crippen LogP contribution in [0.1, 0.15) is 24.8 Å². The Labute approximate surface area is 136 Å². The van der Waals surface area contributed by atoms with Crippen LogP contribution in [0.15, 0.2) is 24.3 Å². The molecule has 0 aromatic heterocycles. The quantitative estimate of drug-likeness (QED) is 0.775. The maximum atomic E-state index is 12.6. The van der Waals surface area contributed by atoms with E-state index in [0.29, 0.717) is 45.4 Å². The number of aryl methyl sites for hydroxylation is 1. The summed E-state index contributed by atoms with van der Waals surface area (Å²) in [6, 6.07) is 7.48. The van der Waals surface area contributed by atoms with E-state index in [2.05, 4.69) is 10.1 Å². The molecule has 1 saturated heterocycles. The number of benzene rings is 1. The van der Waals surface area contributed by atoms with Crippen molar-refractivity contribution in [2.24, 2.45) is 11.1 Å². The molecule has 0 spiro atoms. The van der Waals surface area contributed by atoms with Crippen molar-refractivity contribution in [3.05, 3.63) is 29.8 Å². The molecule has 0 aliphatic carbocycles. The smallest absolute Gasteiger partial charge is 0.305 e. The first kappa shape index (κ1) is 17.4. The molecule has 3 N–H and O–H groups in total. The van der Waals surface area contributed by atoms with Gasteiger partial charge in [-0.3, -0.25) is 9.59 Å².